The number of carbonyl (C=O) groups excluding carboxylic acids is 1. The van der Waals surface area contributed by atoms with E-state index in [4.69, 9.17) is 17.3 Å². The Balaban J connectivity index is 1.94. The van der Waals surface area contributed by atoms with Crippen molar-refractivity contribution in [2.24, 2.45) is 5.92 Å². The lowest BCUT2D eigenvalue weighted by Crippen LogP contribution is -2.35. The molecule has 0 bridgehead atoms. The average molecular weight is 282 g/mol. The minimum Gasteiger partial charge on any atom is -0.397 e. The van der Waals surface area contributed by atoms with Gasteiger partial charge in [0.2, 0.25) is 5.91 Å². The number of nitrogen functional groups attached to an aromatic ring is 1. The molecule has 3 N–H and O–H groups in total. The van der Waals surface area contributed by atoms with E-state index in [0.29, 0.717) is 34.9 Å². The van der Waals surface area contributed by atoms with Crippen LogP contribution in [0, 0.1) is 5.92 Å². The van der Waals surface area contributed by atoms with E-state index >= 15 is 0 Å². The standard InChI is InChI=1S/C14H20ClN3O/c1-9-5-10(2)18(7-9)8-14(19)17-13-4-3-11(15)6-12(13)16/h3-4,6,9-10H,5,7-8,16H2,1-2H3,(H,17,19). The zero-order chi connectivity index (χ0) is 14.0. The summed E-state index contributed by atoms with van der Waals surface area (Å²) < 4.78 is 0. The van der Waals surface area contributed by atoms with Crippen molar-refractivity contribution in [1.82, 2.24) is 4.90 Å². The molecule has 1 aliphatic heterocycles. The van der Waals surface area contributed by atoms with Crippen LogP contribution in [0.1, 0.15) is 20.3 Å². The first-order chi connectivity index (χ1) is 8.95. The third-order valence-corrected chi connectivity index (χ3v) is 3.78. The summed E-state index contributed by atoms with van der Waals surface area (Å²) in [6, 6.07) is 5.54. The molecule has 0 radical (unpaired) electrons. The normalized spacial score (nSPS) is 23.5. The molecule has 1 fully saturated rings. The molecule has 0 aromatic heterocycles. The number of rotatable bonds is 3. The molecule has 0 saturated carbocycles. The van der Waals surface area contributed by atoms with E-state index in [1.807, 2.05) is 0 Å². The Morgan fingerprint density at radius 2 is 2.26 bits per heavy atom. The van der Waals surface area contributed by atoms with Gasteiger partial charge in [-0.3, -0.25) is 9.69 Å². The molecule has 1 aliphatic rings. The Bertz CT molecular complexity index is 478. The summed E-state index contributed by atoms with van der Waals surface area (Å²) in [5.74, 6) is 0.623. The molecule has 0 aliphatic carbocycles. The molecular weight excluding hydrogens is 262 g/mol. The fourth-order valence-corrected chi connectivity index (χ4v) is 2.81. The van der Waals surface area contributed by atoms with Crippen LogP contribution in [-0.2, 0) is 4.79 Å². The Morgan fingerprint density at radius 3 is 2.84 bits per heavy atom. The molecule has 1 saturated heterocycles. The number of amides is 1. The molecule has 5 heteroatoms. The predicted molar refractivity (Wildman–Crippen MR) is 79.3 cm³/mol. The van der Waals surface area contributed by atoms with Crippen LogP contribution in [0.3, 0.4) is 0 Å². The zero-order valence-electron chi connectivity index (χ0n) is 11.3. The lowest BCUT2D eigenvalue weighted by molar-refractivity contribution is -0.117. The van der Waals surface area contributed by atoms with Crippen LogP contribution in [0.5, 0.6) is 0 Å². The molecule has 19 heavy (non-hydrogen) atoms. The molecular formula is C14H20ClN3O. The minimum absolute atomic E-state index is 0.0324. The van der Waals surface area contributed by atoms with E-state index < -0.39 is 0 Å². The van der Waals surface area contributed by atoms with E-state index in [9.17, 15) is 4.79 Å². The molecule has 1 heterocycles. The Morgan fingerprint density at radius 1 is 1.53 bits per heavy atom. The van der Waals surface area contributed by atoms with Gasteiger partial charge in [-0.25, -0.2) is 0 Å². The second kappa shape index (κ2) is 5.80. The highest BCUT2D eigenvalue weighted by atomic mass is 35.5. The molecule has 104 valence electrons. The number of hydrogen-bond donors (Lipinski definition) is 2. The topological polar surface area (TPSA) is 58.4 Å². The van der Waals surface area contributed by atoms with Crippen molar-refractivity contribution in [2.45, 2.75) is 26.3 Å². The fraction of sp³-hybridized carbons (Fsp3) is 0.500. The maximum Gasteiger partial charge on any atom is 0.238 e. The Hall–Kier alpha value is -1.26. The molecule has 1 aromatic rings. The van der Waals surface area contributed by atoms with Crippen LogP contribution in [0.15, 0.2) is 18.2 Å². The number of likely N-dealkylation sites (tertiary alicyclic amines) is 1. The van der Waals surface area contributed by atoms with Gasteiger partial charge >= 0.3 is 0 Å². The summed E-state index contributed by atoms with van der Waals surface area (Å²) in [4.78, 5) is 14.2. The highest BCUT2D eigenvalue weighted by Gasteiger charge is 2.27. The Kier molecular flexibility index (Phi) is 4.32. The third-order valence-electron chi connectivity index (χ3n) is 3.55. The summed E-state index contributed by atoms with van der Waals surface area (Å²) in [5, 5.41) is 3.40. The average Bonchev–Trinajstić information content (AvgIpc) is 2.61. The highest BCUT2D eigenvalue weighted by Crippen LogP contribution is 2.24. The lowest BCUT2D eigenvalue weighted by Gasteiger charge is -2.20. The number of halogens is 1. The lowest BCUT2D eigenvalue weighted by atomic mass is 10.1. The second-order valence-corrected chi connectivity index (χ2v) is 5.84. The molecule has 0 spiro atoms. The predicted octanol–water partition coefficient (Wildman–Crippen LogP) is 2.59. The van der Waals surface area contributed by atoms with Gasteiger partial charge in [0.1, 0.15) is 0 Å². The van der Waals surface area contributed by atoms with E-state index in [2.05, 4.69) is 24.1 Å². The Labute approximate surface area is 118 Å². The largest absolute Gasteiger partial charge is 0.397 e. The van der Waals surface area contributed by atoms with Crippen LogP contribution in [0.25, 0.3) is 0 Å². The number of hydrogen-bond acceptors (Lipinski definition) is 3. The number of nitrogens with one attached hydrogen (secondary N) is 1. The van der Waals surface area contributed by atoms with Crippen molar-refractivity contribution in [2.75, 3.05) is 24.1 Å². The van der Waals surface area contributed by atoms with E-state index in [-0.39, 0.29) is 5.91 Å². The zero-order valence-corrected chi connectivity index (χ0v) is 12.1. The maximum absolute atomic E-state index is 12.0. The van der Waals surface area contributed by atoms with Crippen LogP contribution in [0.4, 0.5) is 11.4 Å². The van der Waals surface area contributed by atoms with Crippen molar-refractivity contribution >= 4 is 28.9 Å². The van der Waals surface area contributed by atoms with E-state index in [1.54, 1.807) is 18.2 Å². The van der Waals surface area contributed by atoms with Crippen LogP contribution < -0.4 is 11.1 Å². The first-order valence-corrected chi connectivity index (χ1v) is 6.92. The number of nitrogens with two attached hydrogens (primary N) is 1. The first kappa shape index (κ1) is 14.2. The molecule has 1 amide bonds. The molecule has 1 aromatic carbocycles. The van der Waals surface area contributed by atoms with Gasteiger partial charge in [-0.1, -0.05) is 18.5 Å². The van der Waals surface area contributed by atoms with Crippen molar-refractivity contribution in [3.63, 3.8) is 0 Å². The van der Waals surface area contributed by atoms with Gasteiger partial charge in [-0.15, -0.1) is 0 Å². The molecule has 2 unspecified atom stereocenters. The first-order valence-electron chi connectivity index (χ1n) is 6.54. The minimum atomic E-state index is -0.0324. The van der Waals surface area contributed by atoms with Crippen LogP contribution >= 0.6 is 11.6 Å². The van der Waals surface area contributed by atoms with Crippen molar-refractivity contribution in [3.05, 3.63) is 23.2 Å². The van der Waals surface area contributed by atoms with E-state index in [1.165, 1.54) is 0 Å². The van der Waals surface area contributed by atoms with E-state index in [0.717, 1.165) is 13.0 Å². The summed E-state index contributed by atoms with van der Waals surface area (Å²) in [6.07, 6.45) is 1.15. The quantitative estimate of drug-likeness (QED) is 0.837. The van der Waals surface area contributed by atoms with Crippen molar-refractivity contribution < 1.29 is 4.79 Å². The monoisotopic (exact) mass is 281 g/mol. The van der Waals surface area contributed by atoms with Gasteiger partial charge in [-0.2, -0.15) is 0 Å². The molecule has 2 atom stereocenters. The molecule has 4 nitrogen and oxygen atoms in total. The van der Waals surface area contributed by atoms with Crippen molar-refractivity contribution in [1.29, 1.82) is 0 Å². The highest BCUT2D eigenvalue weighted by molar-refractivity contribution is 6.31. The fourth-order valence-electron chi connectivity index (χ4n) is 2.63. The number of nitrogens with zero attached hydrogens (tertiary/aromatic N) is 1. The third kappa shape index (κ3) is 3.61. The van der Waals surface area contributed by atoms with Crippen molar-refractivity contribution in [3.8, 4) is 0 Å². The van der Waals surface area contributed by atoms with Crippen LogP contribution in [-0.4, -0.2) is 29.9 Å². The maximum atomic E-state index is 12.0. The van der Waals surface area contributed by atoms with Gasteiger partial charge in [0.05, 0.1) is 17.9 Å². The number of benzene rings is 1. The van der Waals surface area contributed by atoms with Gasteiger partial charge in [0.25, 0.3) is 0 Å². The molecule has 2 rings (SSSR count). The summed E-state index contributed by atoms with van der Waals surface area (Å²) in [7, 11) is 0. The van der Waals surface area contributed by atoms with Gasteiger partial charge in [0, 0.05) is 17.6 Å². The summed E-state index contributed by atoms with van der Waals surface area (Å²) in [6.45, 7) is 5.76. The summed E-state index contributed by atoms with van der Waals surface area (Å²) in [5.41, 5.74) is 6.92. The number of anilines is 2. The second-order valence-electron chi connectivity index (χ2n) is 5.40. The van der Waals surface area contributed by atoms with Gasteiger partial charge in [-0.05, 0) is 37.5 Å². The van der Waals surface area contributed by atoms with Crippen LogP contribution in [0.2, 0.25) is 5.02 Å². The number of carbonyl (C=O) groups is 1. The SMILES string of the molecule is CC1CC(C)N(CC(=O)Nc2ccc(Cl)cc2N)C1. The van der Waals surface area contributed by atoms with Gasteiger partial charge in [0.15, 0.2) is 0 Å². The van der Waals surface area contributed by atoms with Gasteiger partial charge < -0.3 is 11.1 Å². The smallest absolute Gasteiger partial charge is 0.238 e. The summed E-state index contributed by atoms with van der Waals surface area (Å²) >= 11 is 5.83.